The third-order valence-electron chi connectivity index (χ3n) is 2.75. The summed E-state index contributed by atoms with van der Waals surface area (Å²) in [5.74, 6) is 1.36. The molecule has 0 aromatic carbocycles. The summed E-state index contributed by atoms with van der Waals surface area (Å²) in [4.78, 5) is 4.74. The van der Waals surface area contributed by atoms with E-state index in [-0.39, 0.29) is 0 Å². The SMILES string of the molecule is CN1CC[N+](C)=C1N1CCOCC1. The molecule has 13 heavy (non-hydrogen) atoms. The molecule has 2 rings (SSSR count). The minimum atomic E-state index is 0.866. The van der Waals surface area contributed by atoms with Crippen molar-refractivity contribution in [2.75, 3.05) is 53.5 Å². The highest BCUT2D eigenvalue weighted by atomic mass is 16.5. The third-order valence-corrected chi connectivity index (χ3v) is 2.75. The Morgan fingerprint density at radius 2 is 1.92 bits per heavy atom. The second kappa shape index (κ2) is 3.54. The zero-order valence-corrected chi connectivity index (χ0v) is 8.49. The van der Waals surface area contributed by atoms with E-state index in [1.54, 1.807) is 0 Å². The number of morpholine rings is 1. The van der Waals surface area contributed by atoms with Crippen LogP contribution in [0.5, 0.6) is 0 Å². The molecule has 2 heterocycles. The summed E-state index contributed by atoms with van der Waals surface area (Å²) in [5.41, 5.74) is 0. The molecule has 4 heteroatoms. The normalized spacial score (nSPS) is 24.5. The largest absolute Gasteiger partial charge is 0.375 e. The fraction of sp³-hybridized carbons (Fsp3) is 0.889. The summed E-state index contributed by atoms with van der Waals surface area (Å²) >= 11 is 0. The lowest BCUT2D eigenvalue weighted by atomic mass is 10.4. The maximum Gasteiger partial charge on any atom is 0.350 e. The fourth-order valence-electron chi connectivity index (χ4n) is 2.04. The van der Waals surface area contributed by atoms with E-state index in [0.717, 1.165) is 39.4 Å². The van der Waals surface area contributed by atoms with Gasteiger partial charge < -0.3 is 4.74 Å². The molecule has 0 N–H and O–H groups in total. The molecule has 0 aromatic rings. The molecular weight excluding hydrogens is 166 g/mol. The molecule has 2 aliphatic rings. The highest BCUT2D eigenvalue weighted by Gasteiger charge is 2.31. The number of ether oxygens (including phenoxy) is 1. The Morgan fingerprint density at radius 3 is 2.46 bits per heavy atom. The van der Waals surface area contributed by atoms with Gasteiger partial charge in [0.25, 0.3) is 0 Å². The maximum atomic E-state index is 5.34. The predicted molar refractivity (Wildman–Crippen MR) is 51.1 cm³/mol. The first-order chi connectivity index (χ1) is 6.29. The van der Waals surface area contributed by atoms with E-state index >= 15 is 0 Å². The Bertz CT molecular complexity index is 221. The summed E-state index contributed by atoms with van der Waals surface area (Å²) < 4.78 is 7.66. The lowest BCUT2D eigenvalue weighted by Gasteiger charge is -2.26. The molecule has 0 saturated carbocycles. The van der Waals surface area contributed by atoms with Gasteiger partial charge in [-0.3, -0.25) is 14.4 Å². The highest BCUT2D eigenvalue weighted by Crippen LogP contribution is 2.05. The molecule has 1 saturated heterocycles. The summed E-state index contributed by atoms with van der Waals surface area (Å²) in [5, 5.41) is 0. The van der Waals surface area contributed by atoms with Crippen molar-refractivity contribution in [1.82, 2.24) is 9.80 Å². The molecule has 0 aromatic heterocycles. The van der Waals surface area contributed by atoms with Gasteiger partial charge in [-0.2, -0.15) is 0 Å². The number of likely N-dealkylation sites (N-methyl/N-ethyl adjacent to an activating group) is 2. The summed E-state index contributed by atoms with van der Waals surface area (Å²) in [6, 6.07) is 0. The average Bonchev–Trinajstić information content (AvgIpc) is 2.48. The topological polar surface area (TPSA) is 18.7 Å². The third kappa shape index (κ3) is 1.63. The van der Waals surface area contributed by atoms with Crippen LogP contribution < -0.4 is 0 Å². The molecule has 0 amide bonds. The van der Waals surface area contributed by atoms with E-state index in [9.17, 15) is 0 Å². The summed E-state index contributed by atoms with van der Waals surface area (Å²) in [7, 11) is 4.32. The van der Waals surface area contributed by atoms with Gasteiger partial charge in [0, 0.05) is 0 Å². The van der Waals surface area contributed by atoms with Gasteiger partial charge in [0.2, 0.25) is 0 Å². The standard InChI is InChI=1S/C9H18N3O/c1-10-3-4-11(2)9(10)12-5-7-13-8-6-12/h3-8H2,1-2H3/q+1. The van der Waals surface area contributed by atoms with Gasteiger partial charge in [0.1, 0.15) is 0 Å². The highest BCUT2D eigenvalue weighted by molar-refractivity contribution is 5.76. The quantitative estimate of drug-likeness (QED) is 0.462. The molecule has 0 unspecified atom stereocenters. The van der Waals surface area contributed by atoms with Gasteiger partial charge in [-0.1, -0.05) is 0 Å². The lowest BCUT2D eigenvalue weighted by molar-refractivity contribution is -0.491. The second-order valence-electron chi connectivity index (χ2n) is 3.74. The first kappa shape index (κ1) is 8.81. The van der Waals surface area contributed by atoms with Gasteiger partial charge in [-0.25, -0.2) is 0 Å². The molecular formula is C9H18N3O+. The average molecular weight is 184 g/mol. The zero-order chi connectivity index (χ0) is 9.26. The number of rotatable bonds is 0. The molecule has 2 aliphatic heterocycles. The van der Waals surface area contributed by atoms with Crippen molar-refractivity contribution in [1.29, 1.82) is 0 Å². The van der Waals surface area contributed by atoms with Gasteiger partial charge in [-0.15, -0.1) is 0 Å². The van der Waals surface area contributed by atoms with Crippen molar-refractivity contribution < 1.29 is 9.31 Å². The van der Waals surface area contributed by atoms with Crippen LogP contribution in [0.4, 0.5) is 0 Å². The van der Waals surface area contributed by atoms with Crippen molar-refractivity contribution in [2.45, 2.75) is 0 Å². The Balaban J connectivity index is 2.09. The van der Waals surface area contributed by atoms with Gasteiger partial charge in [0.05, 0.1) is 53.5 Å². The molecule has 0 atom stereocenters. The van der Waals surface area contributed by atoms with Crippen molar-refractivity contribution in [3.63, 3.8) is 0 Å². The van der Waals surface area contributed by atoms with E-state index in [0.29, 0.717) is 0 Å². The van der Waals surface area contributed by atoms with Crippen LogP contribution in [0.2, 0.25) is 0 Å². The Morgan fingerprint density at radius 1 is 1.23 bits per heavy atom. The van der Waals surface area contributed by atoms with Crippen LogP contribution in [0.25, 0.3) is 0 Å². The second-order valence-corrected chi connectivity index (χ2v) is 3.74. The molecule has 0 spiro atoms. The van der Waals surface area contributed by atoms with Crippen LogP contribution in [0, 0.1) is 0 Å². The predicted octanol–water partition coefficient (Wildman–Crippen LogP) is -0.738. The first-order valence-electron chi connectivity index (χ1n) is 4.91. The van der Waals surface area contributed by atoms with E-state index < -0.39 is 0 Å². The monoisotopic (exact) mass is 184 g/mol. The van der Waals surface area contributed by atoms with Crippen molar-refractivity contribution in [3.05, 3.63) is 0 Å². The smallest absolute Gasteiger partial charge is 0.350 e. The fourth-order valence-corrected chi connectivity index (χ4v) is 2.04. The molecule has 4 nitrogen and oxygen atoms in total. The van der Waals surface area contributed by atoms with Gasteiger partial charge in [0.15, 0.2) is 0 Å². The molecule has 74 valence electrons. The molecule has 0 radical (unpaired) electrons. The number of hydrogen-bond donors (Lipinski definition) is 0. The van der Waals surface area contributed by atoms with E-state index in [4.69, 9.17) is 4.74 Å². The van der Waals surface area contributed by atoms with Crippen molar-refractivity contribution in [2.24, 2.45) is 0 Å². The van der Waals surface area contributed by atoms with Crippen LogP contribution >= 0.6 is 0 Å². The van der Waals surface area contributed by atoms with Crippen molar-refractivity contribution in [3.8, 4) is 0 Å². The minimum absolute atomic E-state index is 0.866. The van der Waals surface area contributed by atoms with E-state index in [2.05, 4.69) is 28.5 Å². The van der Waals surface area contributed by atoms with E-state index in [1.807, 2.05) is 0 Å². The van der Waals surface area contributed by atoms with Crippen LogP contribution in [0.3, 0.4) is 0 Å². The van der Waals surface area contributed by atoms with Crippen molar-refractivity contribution >= 4 is 5.96 Å². The van der Waals surface area contributed by atoms with Gasteiger partial charge in [-0.05, 0) is 0 Å². The van der Waals surface area contributed by atoms with E-state index in [1.165, 1.54) is 5.96 Å². The Kier molecular flexibility index (Phi) is 2.40. The summed E-state index contributed by atoms with van der Waals surface area (Å²) in [6.07, 6.45) is 0. The molecule has 0 bridgehead atoms. The zero-order valence-electron chi connectivity index (χ0n) is 8.49. The molecule has 1 fully saturated rings. The van der Waals surface area contributed by atoms with Gasteiger partial charge >= 0.3 is 5.96 Å². The number of nitrogens with zero attached hydrogens (tertiary/aromatic N) is 3. The summed E-state index contributed by atoms with van der Waals surface area (Å²) in [6.45, 7) is 6.08. The number of guanidine groups is 1. The number of hydrogen-bond acceptors (Lipinski definition) is 3. The maximum absolute atomic E-state index is 5.34. The van der Waals surface area contributed by atoms with Crippen LogP contribution in [0.1, 0.15) is 0 Å². The van der Waals surface area contributed by atoms with Crippen LogP contribution in [0.15, 0.2) is 0 Å². The first-order valence-corrected chi connectivity index (χ1v) is 4.91. The van der Waals surface area contributed by atoms with Crippen LogP contribution in [-0.2, 0) is 4.74 Å². The molecule has 0 aliphatic carbocycles. The lowest BCUT2D eigenvalue weighted by Crippen LogP contribution is -2.48. The van der Waals surface area contributed by atoms with Crippen LogP contribution in [-0.4, -0.2) is 73.8 Å². The minimum Gasteiger partial charge on any atom is -0.375 e. The Labute approximate surface area is 79.4 Å². The Hall–Kier alpha value is -0.770.